The highest BCUT2D eigenvalue weighted by Crippen LogP contribution is 2.38. The van der Waals surface area contributed by atoms with Crippen molar-refractivity contribution in [2.75, 3.05) is 25.6 Å². The molecule has 3 rings (SSSR count). The van der Waals surface area contributed by atoms with Crippen molar-refractivity contribution in [2.45, 2.75) is 19.9 Å². The summed E-state index contributed by atoms with van der Waals surface area (Å²) in [5.41, 5.74) is 2.23. The van der Waals surface area contributed by atoms with Gasteiger partial charge in [0.1, 0.15) is 18.2 Å². The van der Waals surface area contributed by atoms with Gasteiger partial charge < -0.3 is 20.1 Å². The highest BCUT2D eigenvalue weighted by atomic mass is 79.9. The summed E-state index contributed by atoms with van der Waals surface area (Å²) in [5.74, 6) is 1.26. The Morgan fingerprint density at radius 3 is 2.67 bits per heavy atom. The lowest BCUT2D eigenvalue weighted by molar-refractivity contribution is 0.0940. The van der Waals surface area contributed by atoms with E-state index in [-0.39, 0.29) is 11.9 Å². The molecule has 0 saturated heterocycles. The lowest BCUT2D eigenvalue weighted by atomic mass is 10.1. The molecule has 0 aliphatic carbocycles. The maximum atomic E-state index is 12.6. The Morgan fingerprint density at radius 1 is 1.33 bits per heavy atom. The second kappa shape index (κ2) is 6.98. The number of anilines is 1. The Balaban J connectivity index is 1.83. The number of hydrogen-bond donors (Lipinski definition) is 2. The van der Waals surface area contributed by atoms with Crippen LogP contribution in [0.4, 0.5) is 5.00 Å². The number of halogens is 1. The number of benzene rings is 1. The van der Waals surface area contributed by atoms with Crippen LogP contribution >= 0.6 is 27.5 Å². The normalized spacial score (nSPS) is 14.2. The zero-order valence-corrected chi connectivity index (χ0v) is 16.0. The van der Waals surface area contributed by atoms with Crippen molar-refractivity contribution in [1.82, 2.24) is 9.69 Å². The fourth-order valence-corrected chi connectivity index (χ4v) is 3.97. The second-order valence-electron chi connectivity index (χ2n) is 5.43. The molecule has 1 aromatic heterocycles. The molecule has 1 aromatic carbocycles. The van der Waals surface area contributed by atoms with Gasteiger partial charge in [-0.05, 0) is 43.1 Å². The van der Waals surface area contributed by atoms with E-state index in [1.54, 1.807) is 7.05 Å². The van der Waals surface area contributed by atoms with Gasteiger partial charge in [-0.3, -0.25) is 4.79 Å². The van der Waals surface area contributed by atoms with Gasteiger partial charge in [0, 0.05) is 11.5 Å². The van der Waals surface area contributed by atoms with E-state index >= 15 is 0 Å². The number of fused-ring (bicyclic) bond motifs is 1. The van der Waals surface area contributed by atoms with Crippen LogP contribution in [0.15, 0.2) is 16.6 Å². The first kappa shape index (κ1) is 17.0. The molecule has 2 aromatic rings. The Bertz CT molecular complexity index is 778. The molecule has 0 radical (unpaired) electrons. The average molecular weight is 412 g/mol. The van der Waals surface area contributed by atoms with Crippen LogP contribution in [0.1, 0.15) is 34.6 Å². The fourth-order valence-electron chi connectivity index (χ4n) is 2.57. The molecule has 0 unspecified atom stereocenters. The van der Waals surface area contributed by atoms with Crippen molar-refractivity contribution in [2.24, 2.45) is 0 Å². The SMILES string of the molecule is CNc1snc(C)c1C(=O)N[C@H](C)c1cc2c(cc1Br)OCCO2. The van der Waals surface area contributed by atoms with Crippen LogP contribution in [0.3, 0.4) is 0 Å². The molecule has 6 nitrogen and oxygen atoms in total. The summed E-state index contributed by atoms with van der Waals surface area (Å²) in [7, 11) is 1.78. The first-order valence-electron chi connectivity index (χ1n) is 7.55. The average Bonchev–Trinajstić information content (AvgIpc) is 2.94. The van der Waals surface area contributed by atoms with Crippen LogP contribution < -0.4 is 20.1 Å². The summed E-state index contributed by atoms with van der Waals surface area (Å²) in [6.45, 7) is 4.83. The number of nitrogens with zero attached hydrogens (tertiary/aromatic N) is 1. The van der Waals surface area contributed by atoms with Crippen LogP contribution in [-0.4, -0.2) is 30.5 Å². The number of aromatic nitrogens is 1. The first-order valence-corrected chi connectivity index (χ1v) is 9.11. The molecule has 1 amide bonds. The maximum absolute atomic E-state index is 12.6. The fraction of sp³-hybridized carbons (Fsp3) is 0.375. The van der Waals surface area contributed by atoms with Crippen LogP contribution in [0, 0.1) is 6.92 Å². The van der Waals surface area contributed by atoms with Gasteiger partial charge in [0.15, 0.2) is 11.5 Å². The van der Waals surface area contributed by atoms with E-state index in [4.69, 9.17) is 9.47 Å². The minimum absolute atomic E-state index is 0.153. The van der Waals surface area contributed by atoms with Crippen molar-refractivity contribution in [3.63, 3.8) is 0 Å². The minimum Gasteiger partial charge on any atom is -0.486 e. The van der Waals surface area contributed by atoms with E-state index < -0.39 is 0 Å². The second-order valence-corrected chi connectivity index (χ2v) is 7.06. The predicted octanol–water partition coefficient (Wildman–Crippen LogP) is 3.52. The standard InChI is InChI=1S/C16H18BrN3O3S/c1-8(19-15(21)14-9(2)20-24-16(14)18-3)10-6-12-13(7-11(10)17)23-5-4-22-12/h6-8,18H,4-5H2,1-3H3,(H,19,21)/t8-/m1/s1. The van der Waals surface area contributed by atoms with E-state index in [9.17, 15) is 4.79 Å². The summed E-state index contributed by atoms with van der Waals surface area (Å²) in [6.07, 6.45) is 0. The van der Waals surface area contributed by atoms with Gasteiger partial charge in [0.2, 0.25) is 0 Å². The van der Waals surface area contributed by atoms with Gasteiger partial charge >= 0.3 is 0 Å². The Morgan fingerprint density at radius 2 is 2.00 bits per heavy atom. The zero-order chi connectivity index (χ0) is 17.3. The van der Waals surface area contributed by atoms with E-state index in [0.29, 0.717) is 30.3 Å². The van der Waals surface area contributed by atoms with Crippen molar-refractivity contribution in [3.05, 3.63) is 33.4 Å². The van der Waals surface area contributed by atoms with Crippen LogP contribution in [-0.2, 0) is 0 Å². The predicted molar refractivity (Wildman–Crippen MR) is 97.4 cm³/mol. The molecular weight excluding hydrogens is 394 g/mol. The summed E-state index contributed by atoms with van der Waals surface area (Å²) >= 11 is 4.83. The number of carbonyl (C=O) groups is 1. The molecule has 0 saturated carbocycles. The minimum atomic E-state index is -0.202. The molecule has 0 fully saturated rings. The number of nitrogens with one attached hydrogen (secondary N) is 2. The molecular formula is C16H18BrN3O3S. The van der Waals surface area contributed by atoms with Crippen LogP contribution in [0.25, 0.3) is 0 Å². The first-order chi connectivity index (χ1) is 11.5. The van der Waals surface area contributed by atoms with Gasteiger partial charge in [0.05, 0.1) is 17.3 Å². The summed E-state index contributed by atoms with van der Waals surface area (Å²) in [5, 5.41) is 6.80. The smallest absolute Gasteiger partial charge is 0.256 e. The highest BCUT2D eigenvalue weighted by Gasteiger charge is 2.22. The molecule has 1 aliphatic heterocycles. The molecule has 8 heteroatoms. The quantitative estimate of drug-likeness (QED) is 0.804. The number of hydrogen-bond acceptors (Lipinski definition) is 6. The van der Waals surface area contributed by atoms with Crippen LogP contribution in [0.5, 0.6) is 11.5 Å². The monoisotopic (exact) mass is 411 g/mol. The summed E-state index contributed by atoms with van der Waals surface area (Å²) in [6, 6.07) is 3.58. The maximum Gasteiger partial charge on any atom is 0.256 e. The zero-order valence-electron chi connectivity index (χ0n) is 13.6. The Hall–Kier alpha value is -1.80. The molecule has 0 bridgehead atoms. The number of carbonyl (C=O) groups excluding carboxylic acids is 1. The summed E-state index contributed by atoms with van der Waals surface area (Å²) < 4.78 is 16.3. The van der Waals surface area contributed by atoms with Crippen molar-refractivity contribution >= 4 is 38.4 Å². The van der Waals surface area contributed by atoms with Crippen molar-refractivity contribution in [3.8, 4) is 11.5 Å². The van der Waals surface area contributed by atoms with Crippen molar-refractivity contribution in [1.29, 1.82) is 0 Å². The number of amides is 1. The largest absolute Gasteiger partial charge is 0.486 e. The van der Waals surface area contributed by atoms with Gasteiger partial charge in [-0.25, -0.2) is 0 Å². The number of rotatable bonds is 4. The number of aryl methyl sites for hydroxylation is 1. The number of ether oxygens (including phenoxy) is 2. The van der Waals surface area contributed by atoms with Gasteiger partial charge in [0.25, 0.3) is 5.91 Å². The Kier molecular flexibility index (Phi) is 4.96. The molecule has 2 N–H and O–H groups in total. The molecule has 2 heterocycles. The van der Waals surface area contributed by atoms with E-state index in [1.165, 1.54) is 11.5 Å². The highest BCUT2D eigenvalue weighted by molar-refractivity contribution is 9.10. The molecule has 1 atom stereocenters. The van der Waals surface area contributed by atoms with Gasteiger partial charge in [-0.15, -0.1) is 0 Å². The summed E-state index contributed by atoms with van der Waals surface area (Å²) in [4.78, 5) is 12.6. The third-order valence-electron chi connectivity index (χ3n) is 3.79. The molecule has 1 aliphatic rings. The Labute approximate surface area is 152 Å². The van der Waals surface area contributed by atoms with E-state index in [0.717, 1.165) is 20.7 Å². The third kappa shape index (κ3) is 3.21. The van der Waals surface area contributed by atoms with Gasteiger partial charge in [-0.2, -0.15) is 4.37 Å². The lowest BCUT2D eigenvalue weighted by Crippen LogP contribution is -2.28. The molecule has 0 spiro atoms. The third-order valence-corrected chi connectivity index (χ3v) is 5.44. The molecule has 24 heavy (non-hydrogen) atoms. The van der Waals surface area contributed by atoms with Crippen molar-refractivity contribution < 1.29 is 14.3 Å². The molecule has 128 valence electrons. The van der Waals surface area contributed by atoms with Crippen LogP contribution in [0.2, 0.25) is 0 Å². The topological polar surface area (TPSA) is 72.5 Å². The van der Waals surface area contributed by atoms with E-state index in [1.807, 2.05) is 26.0 Å². The van der Waals surface area contributed by atoms with E-state index in [2.05, 4.69) is 30.9 Å². The lowest BCUT2D eigenvalue weighted by Gasteiger charge is -2.22. The van der Waals surface area contributed by atoms with Gasteiger partial charge in [-0.1, -0.05) is 15.9 Å².